The summed E-state index contributed by atoms with van der Waals surface area (Å²) < 4.78 is 1.89. The largest absolute Gasteiger partial charge is 0.350 e. The van der Waals surface area contributed by atoms with E-state index < -0.39 is 0 Å². The Morgan fingerprint density at radius 2 is 2.00 bits per heavy atom. The lowest BCUT2D eigenvalue weighted by atomic mass is 10.2. The first-order valence-corrected chi connectivity index (χ1v) is 7.47. The first-order valence-electron chi connectivity index (χ1n) is 6.59. The second-order valence-corrected chi connectivity index (χ2v) is 5.30. The van der Waals surface area contributed by atoms with E-state index in [1.807, 2.05) is 41.2 Å². The fourth-order valence-electron chi connectivity index (χ4n) is 1.91. The van der Waals surface area contributed by atoms with Crippen molar-refractivity contribution in [2.45, 2.75) is 6.42 Å². The summed E-state index contributed by atoms with van der Waals surface area (Å²) in [5.74, 6) is -0.140. The standard InChI is InChI=1S/C15H14N4OS/c20-14(17-8-5-12-3-6-16-7-4-12)13-11-21-15(18-13)19-9-1-2-10-19/h1-4,6-7,9-11H,5,8H2,(H,17,20). The summed E-state index contributed by atoms with van der Waals surface area (Å²) >= 11 is 1.45. The van der Waals surface area contributed by atoms with Crippen LogP contribution in [0.5, 0.6) is 0 Å². The number of amides is 1. The Morgan fingerprint density at radius 1 is 1.24 bits per heavy atom. The van der Waals surface area contributed by atoms with E-state index in [4.69, 9.17) is 0 Å². The van der Waals surface area contributed by atoms with E-state index in [1.54, 1.807) is 17.8 Å². The molecule has 0 aliphatic heterocycles. The molecule has 6 heteroatoms. The van der Waals surface area contributed by atoms with Crippen LogP contribution in [0.4, 0.5) is 0 Å². The average molecular weight is 298 g/mol. The van der Waals surface area contributed by atoms with Crippen LogP contribution < -0.4 is 5.32 Å². The van der Waals surface area contributed by atoms with Gasteiger partial charge in [-0.2, -0.15) is 0 Å². The maximum atomic E-state index is 12.0. The third-order valence-corrected chi connectivity index (χ3v) is 3.85. The van der Waals surface area contributed by atoms with Crippen LogP contribution in [-0.4, -0.2) is 27.0 Å². The van der Waals surface area contributed by atoms with E-state index in [2.05, 4.69) is 15.3 Å². The number of thiazole rings is 1. The Kier molecular flexibility index (Phi) is 4.07. The van der Waals surface area contributed by atoms with Gasteiger partial charge in [-0.1, -0.05) is 0 Å². The van der Waals surface area contributed by atoms with Crippen LogP contribution >= 0.6 is 11.3 Å². The van der Waals surface area contributed by atoms with Crippen LogP contribution in [0.3, 0.4) is 0 Å². The highest BCUT2D eigenvalue weighted by atomic mass is 32.1. The highest BCUT2D eigenvalue weighted by Crippen LogP contribution is 2.14. The summed E-state index contributed by atoms with van der Waals surface area (Å²) in [5, 5.41) is 5.45. The van der Waals surface area contributed by atoms with Crippen LogP contribution in [0.1, 0.15) is 16.1 Å². The fourth-order valence-corrected chi connectivity index (χ4v) is 2.68. The van der Waals surface area contributed by atoms with Crippen molar-refractivity contribution in [3.05, 3.63) is 65.7 Å². The van der Waals surface area contributed by atoms with E-state index in [1.165, 1.54) is 11.3 Å². The van der Waals surface area contributed by atoms with E-state index in [-0.39, 0.29) is 5.91 Å². The highest BCUT2D eigenvalue weighted by molar-refractivity contribution is 7.12. The molecule has 0 atom stereocenters. The molecule has 0 aliphatic rings. The Labute approximate surface area is 126 Å². The quantitative estimate of drug-likeness (QED) is 0.786. The van der Waals surface area contributed by atoms with Crippen molar-refractivity contribution in [2.24, 2.45) is 0 Å². The Balaban J connectivity index is 1.56. The van der Waals surface area contributed by atoms with E-state index >= 15 is 0 Å². The number of nitrogens with one attached hydrogen (secondary N) is 1. The van der Waals surface area contributed by atoms with Gasteiger partial charge >= 0.3 is 0 Å². The fraction of sp³-hybridized carbons (Fsp3) is 0.133. The Morgan fingerprint density at radius 3 is 2.76 bits per heavy atom. The monoisotopic (exact) mass is 298 g/mol. The molecule has 0 aromatic carbocycles. The van der Waals surface area contributed by atoms with Gasteiger partial charge in [-0.3, -0.25) is 9.78 Å². The van der Waals surface area contributed by atoms with Gasteiger partial charge in [0.2, 0.25) is 0 Å². The lowest BCUT2D eigenvalue weighted by Crippen LogP contribution is -2.26. The van der Waals surface area contributed by atoms with Gasteiger partial charge in [-0.15, -0.1) is 11.3 Å². The van der Waals surface area contributed by atoms with Crippen LogP contribution in [0.15, 0.2) is 54.4 Å². The molecule has 1 N–H and O–H groups in total. The molecule has 3 rings (SSSR count). The van der Waals surface area contributed by atoms with Crippen LogP contribution in [0.2, 0.25) is 0 Å². The molecule has 3 aromatic heterocycles. The summed E-state index contributed by atoms with van der Waals surface area (Å²) in [6, 6.07) is 7.74. The summed E-state index contributed by atoms with van der Waals surface area (Å²) in [6.07, 6.45) is 8.10. The van der Waals surface area contributed by atoms with Crippen molar-refractivity contribution in [2.75, 3.05) is 6.54 Å². The van der Waals surface area contributed by atoms with Gasteiger partial charge in [-0.05, 0) is 36.2 Å². The number of carbonyl (C=O) groups excluding carboxylic acids is 1. The van der Waals surface area contributed by atoms with Crippen LogP contribution in [0, 0.1) is 0 Å². The van der Waals surface area contributed by atoms with E-state index in [0.29, 0.717) is 12.2 Å². The van der Waals surface area contributed by atoms with Gasteiger partial charge in [0.25, 0.3) is 5.91 Å². The molecule has 21 heavy (non-hydrogen) atoms. The van der Waals surface area contributed by atoms with Gasteiger partial charge in [0, 0.05) is 36.7 Å². The molecule has 0 saturated heterocycles. The van der Waals surface area contributed by atoms with Gasteiger partial charge in [0.15, 0.2) is 5.13 Å². The molecule has 106 valence electrons. The van der Waals surface area contributed by atoms with Crippen molar-refractivity contribution < 1.29 is 4.79 Å². The third kappa shape index (κ3) is 3.35. The van der Waals surface area contributed by atoms with Crippen molar-refractivity contribution in [1.82, 2.24) is 19.9 Å². The lowest BCUT2D eigenvalue weighted by Gasteiger charge is -2.03. The molecule has 3 heterocycles. The van der Waals surface area contributed by atoms with Gasteiger partial charge in [0.05, 0.1) is 0 Å². The maximum Gasteiger partial charge on any atom is 0.270 e. The predicted molar refractivity (Wildman–Crippen MR) is 81.7 cm³/mol. The van der Waals surface area contributed by atoms with Crippen LogP contribution in [-0.2, 0) is 6.42 Å². The molecule has 0 fully saturated rings. The number of carbonyl (C=O) groups is 1. The zero-order chi connectivity index (χ0) is 14.5. The minimum absolute atomic E-state index is 0.140. The minimum Gasteiger partial charge on any atom is -0.350 e. The minimum atomic E-state index is -0.140. The molecule has 0 bridgehead atoms. The van der Waals surface area contributed by atoms with Gasteiger partial charge < -0.3 is 9.88 Å². The SMILES string of the molecule is O=C(NCCc1ccncc1)c1csc(-n2cccc2)n1. The molecule has 0 unspecified atom stereocenters. The van der Waals surface area contributed by atoms with E-state index in [9.17, 15) is 4.79 Å². The predicted octanol–water partition coefficient (Wildman–Crippen LogP) is 2.30. The molecular weight excluding hydrogens is 284 g/mol. The second kappa shape index (κ2) is 6.32. The first kappa shape index (κ1) is 13.5. The summed E-state index contributed by atoms with van der Waals surface area (Å²) in [6.45, 7) is 0.583. The molecule has 0 saturated carbocycles. The maximum absolute atomic E-state index is 12.0. The van der Waals surface area contributed by atoms with Gasteiger partial charge in [0.1, 0.15) is 5.69 Å². The van der Waals surface area contributed by atoms with Crippen LogP contribution in [0.25, 0.3) is 5.13 Å². The molecule has 0 radical (unpaired) electrons. The smallest absolute Gasteiger partial charge is 0.270 e. The number of aromatic nitrogens is 3. The topological polar surface area (TPSA) is 59.8 Å². The van der Waals surface area contributed by atoms with Crippen molar-refractivity contribution in [3.63, 3.8) is 0 Å². The molecule has 0 aliphatic carbocycles. The highest BCUT2D eigenvalue weighted by Gasteiger charge is 2.10. The van der Waals surface area contributed by atoms with Gasteiger partial charge in [-0.25, -0.2) is 4.98 Å². The molecule has 3 aromatic rings. The molecule has 1 amide bonds. The summed E-state index contributed by atoms with van der Waals surface area (Å²) in [5.41, 5.74) is 1.61. The number of hydrogen-bond donors (Lipinski definition) is 1. The number of rotatable bonds is 5. The Bertz CT molecular complexity index is 706. The van der Waals surface area contributed by atoms with Crippen molar-refractivity contribution >= 4 is 17.2 Å². The van der Waals surface area contributed by atoms with E-state index in [0.717, 1.165) is 17.1 Å². The average Bonchev–Trinajstić information content (AvgIpc) is 3.19. The zero-order valence-corrected chi connectivity index (χ0v) is 12.1. The molecule has 5 nitrogen and oxygen atoms in total. The van der Waals surface area contributed by atoms with Crippen molar-refractivity contribution in [3.8, 4) is 5.13 Å². The molecule has 0 spiro atoms. The summed E-state index contributed by atoms with van der Waals surface area (Å²) in [7, 11) is 0. The number of pyridine rings is 1. The first-order chi connectivity index (χ1) is 10.3. The Hall–Kier alpha value is -2.47. The van der Waals surface area contributed by atoms with Crippen molar-refractivity contribution in [1.29, 1.82) is 0 Å². The number of nitrogens with zero attached hydrogens (tertiary/aromatic N) is 3. The molecular formula is C15H14N4OS. The lowest BCUT2D eigenvalue weighted by molar-refractivity contribution is 0.0950. The summed E-state index contributed by atoms with van der Waals surface area (Å²) in [4.78, 5) is 20.3. The normalized spacial score (nSPS) is 10.5. The second-order valence-electron chi connectivity index (χ2n) is 4.47. The zero-order valence-electron chi connectivity index (χ0n) is 11.3. The third-order valence-electron chi connectivity index (χ3n) is 3.00. The number of hydrogen-bond acceptors (Lipinski definition) is 4.